The van der Waals surface area contributed by atoms with E-state index in [1.807, 2.05) is 4.90 Å². The van der Waals surface area contributed by atoms with Crippen molar-refractivity contribution in [1.29, 1.82) is 5.41 Å². The van der Waals surface area contributed by atoms with Crippen molar-refractivity contribution in [2.75, 3.05) is 13.1 Å². The molecule has 86 valence electrons. The van der Waals surface area contributed by atoms with Crippen LogP contribution in [0.15, 0.2) is 0 Å². The molecule has 1 aliphatic heterocycles. The average Bonchev–Trinajstić information content (AvgIpc) is 2.17. The van der Waals surface area contributed by atoms with Crippen LogP contribution in [0.1, 0.15) is 26.2 Å². The van der Waals surface area contributed by atoms with Gasteiger partial charge in [0.25, 0.3) is 0 Å². The van der Waals surface area contributed by atoms with Gasteiger partial charge in [0.05, 0.1) is 18.9 Å². The second-order valence-corrected chi connectivity index (χ2v) is 4.06. The third-order valence-electron chi connectivity index (χ3n) is 2.56. The van der Waals surface area contributed by atoms with E-state index in [4.69, 9.17) is 10.5 Å². The van der Waals surface area contributed by atoms with Gasteiger partial charge in [-0.25, -0.2) is 0 Å². The summed E-state index contributed by atoms with van der Waals surface area (Å²) in [4.78, 5) is 13.3. The Balaban J connectivity index is 2.23. The topological polar surface area (TPSA) is 76.4 Å². The fourth-order valence-corrected chi connectivity index (χ4v) is 1.73. The standard InChI is InChI=1S/C10H19N3O2/c1-8(14)6-10(15)12-9-2-4-13(7-11)5-3-9/h7-9,11,14H,2-6H2,1H3,(H,12,15). The third-order valence-corrected chi connectivity index (χ3v) is 2.56. The van der Waals surface area contributed by atoms with Crippen LogP contribution in [0.2, 0.25) is 0 Å². The Morgan fingerprint density at radius 3 is 2.73 bits per heavy atom. The van der Waals surface area contributed by atoms with Gasteiger partial charge in [0.2, 0.25) is 5.91 Å². The molecule has 0 aromatic carbocycles. The van der Waals surface area contributed by atoms with Crippen molar-refractivity contribution in [3.63, 3.8) is 0 Å². The zero-order valence-electron chi connectivity index (χ0n) is 9.07. The molecule has 0 bridgehead atoms. The molecule has 1 atom stereocenters. The Hall–Kier alpha value is -1.10. The quantitative estimate of drug-likeness (QED) is 0.452. The predicted octanol–water partition coefficient (Wildman–Crippen LogP) is -0.0550. The van der Waals surface area contributed by atoms with E-state index in [2.05, 4.69) is 5.32 Å². The van der Waals surface area contributed by atoms with Gasteiger partial charge in [0.1, 0.15) is 0 Å². The van der Waals surface area contributed by atoms with Crippen molar-refractivity contribution < 1.29 is 9.90 Å². The first-order chi connectivity index (χ1) is 7.11. The van der Waals surface area contributed by atoms with Gasteiger partial charge in [-0.15, -0.1) is 0 Å². The molecule has 15 heavy (non-hydrogen) atoms. The number of carbonyl (C=O) groups is 1. The number of piperidine rings is 1. The third kappa shape index (κ3) is 4.29. The van der Waals surface area contributed by atoms with E-state index >= 15 is 0 Å². The molecule has 1 fully saturated rings. The highest BCUT2D eigenvalue weighted by Crippen LogP contribution is 2.08. The largest absolute Gasteiger partial charge is 0.393 e. The number of nitrogens with one attached hydrogen (secondary N) is 2. The predicted molar refractivity (Wildman–Crippen MR) is 57.8 cm³/mol. The van der Waals surface area contributed by atoms with Crippen molar-refractivity contribution in [3.05, 3.63) is 0 Å². The van der Waals surface area contributed by atoms with E-state index in [0.29, 0.717) is 0 Å². The number of aliphatic hydroxyl groups excluding tert-OH is 1. The van der Waals surface area contributed by atoms with Gasteiger partial charge in [-0.05, 0) is 19.8 Å². The molecule has 5 heteroatoms. The number of hydrogen-bond donors (Lipinski definition) is 3. The van der Waals surface area contributed by atoms with E-state index in [1.165, 1.54) is 6.34 Å². The number of likely N-dealkylation sites (tertiary alicyclic amines) is 1. The van der Waals surface area contributed by atoms with Crippen molar-refractivity contribution >= 4 is 12.2 Å². The van der Waals surface area contributed by atoms with Crippen LogP contribution >= 0.6 is 0 Å². The summed E-state index contributed by atoms with van der Waals surface area (Å²) in [6, 6.07) is 0.201. The van der Waals surface area contributed by atoms with Crippen LogP contribution in [-0.2, 0) is 4.79 Å². The van der Waals surface area contributed by atoms with Crippen LogP contribution in [0.4, 0.5) is 0 Å². The second kappa shape index (κ2) is 5.70. The molecular weight excluding hydrogens is 194 g/mol. The molecule has 0 aromatic rings. The van der Waals surface area contributed by atoms with E-state index in [0.717, 1.165) is 25.9 Å². The number of aliphatic hydroxyl groups is 1. The highest BCUT2D eigenvalue weighted by atomic mass is 16.3. The minimum Gasteiger partial charge on any atom is -0.393 e. The highest BCUT2D eigenvalue weighted by Gasteiger charge is 2.19. The molecule has 1 saturated heterocycles. The molecule has 0 spiro atoms. The molecule has 0 saturated carbocycles. The van der Waals surface area contributed by atoms with Gasteiger partial charge in [0.15, 0.2) is 0 Å². The summed E-state index contributed by atoms with van der Waals surface area (Å²) in [5, 5.41) is 19.0. The molecule has 1 rings (SSSR count). The normalized spacial score (nSPS) is 19.7. The van der Waals surface area contributed by atoms with Crippen LogP contribution in [0, 0.1) is 5.41 Å². The molecular formula is C10H19N3O2. The molecule has 1 amide bonds. The lowest BCUT2D eigenvalue weighted by molar-refractivity contribution is -0.123. The molecule has 0 aromatic heterocycles. The lowest BCUT2D eigenvalue weighted by atomic mass is 10.1. The minimum atomic E-state index is -0.577. The fraction of sp³-hybridized carbons (Fsp3) is 0.800. The SMILES string of the molecule is CC(O)CC(=O)NC1CCN(C=N)CC1. The number of carbonyl (C=O) groups excluding carboxylic acids is 1. The first-order valence-corrected chi connectivity index (χ1v) is 5.34. The lowest BCUT2D eigenvalue weighted by Crippen LogP contribution is -2.44. The zero-order chi connectivity index (χ0) is 11.3. The van der Waals surface area contributed by atoms with Crippen LogP contribution in [-0.4, -0.2) is 47.5 Å². The van der Waals surface area contributed by atoms with Crippen LogP contribution in [0.5, 0.6) is 0 Å². The summed E-state index contributed by atoms with van der Waals surface area (Å²) in [5.41, 5.74) is 0. The van der Waals surface area contributed by atoms with Gasteiger partial charge < -0.3 is 15.3 Å². The van der Waals surface area contributed by atoms with Crippen LogP contribution in [0.25, 0.3) is 0 Å². The molecule has 3 N–H and O–H groups in total. The van der Waals surface area contributed by atoms with Crippen LogP contribution < -0.4 is 5.32 Å². The Morgan fingerprint density at radius 1 is 1.67 bits per heavy atom. The smallest absolute Gasteiger partial charge is 0.222 e. The zero-order valence-corrected chi connectivity index (χ0v) is 9.07. The van der Waals surface area contributed by atoms with Crippen LogP contribution in [0.3, 0.4) is 0 Å². The Kier molecular flexibility index (Phi) is 4.55. The van der Waals surface area contributed by atoms with Gasteiger partial charge in [-0.2, -0.15) is 0 Å². The van der Waals surface area contributed by atoms with Gasteiger partial charge in [-0.3, -0.25) is 10.2 Å². The average molecular weight is 213 g/mol. The van der Waals surface area contributed by atoms with E-state index < -0.39 is 6.10 Å². The summed E-state index contributed by atoms with van der Waals surface area (Å²) >= 11 is 0. The number of hydrogen-bond acceptors (Lipinski definition) is 3. The fourth-order valence-electron chi connectivity index (χ4n) is 1.73. The monoisotopic (exact) mass is 213 g/mol. The Labute approximate surface area is 90.0 Å². The summed E-state index contributed by atoms with van der Waals surface area (Å²) in [6.07, 6.45) is 2.69. The van der Waals surface area contributed by atoms with Crippen molar-refractivity contribution in [3.8, 4) is 0 Å². The number of rotatable bonds is 4. The molecule has 1 aliphatic rings. The number of amides is 1. The van der Waals surface area contributed by atoms with E-state index in [-0.39, 0.29) is 18.4 Å². The lowest BCUT2D eigenvalue weighted by Gasteiger charge is -2.30. The minimum absolute atomic E-state index is 0.0849. The van der Waals surface area contributed by atoms with Gasteiger partial charge in [-0.1, -0.05) is 0 Å². The first kappa shape index (κ1) is 12.0. The molecule has 5 nitrogen and oxygen atoms in total. The van der Waals surface area contributed by atoms with Crippen molar-refractivity contribution in [2.45, 2.75) is 38.3 Å². The summed E-state index contributed by atoms with van der Waals surface area (Å²) in [6.45, 7) is 3.25. The molecule has 1 heterocycles. The molecule has 1 unspecified atom stereocenters. The number of nitrogens with zero attached hydrogens (tertiary/aromatic N) is 1. The highest BCUT2D eigenvalue weighted by molar-refractivity contribution is 5.76. The maximum Gasteiger partial charge on any atom is 0.222 e. The van der Waals surface area contributed by atoms with E-state index in [9.17, 15) is 4.79 Å². The summed E-state index contributed by atoms with van der Waals surface area (Å²) in [7, 11) is 0. The Morgan fingerprint density at radius 2 is 2.27 bits per heavy atom. The Bertz CT molecular complexity index is 223. The maximum atomic E-state index is 11.3. The summed E-state index contributed by atoms with van der Waals surface area (Å²) in [5.74, 6) is -0.0849. The molecule has 0 aliphatic carbocycles. The second-order valence-electron chi connectivity index (χ2n) is 4.06. The van der Waals surface area contributed by atoms with Gasteiger partial charge >= 0.3 is 0 Å². The summed E-state index contributed by atoms with van der Waals surface area (Å²) < 4.78 is 0. The first-order valence-electron chi connectivity index (χ1n) is 5.34. The van der Waals surface area contributed by atoms with Gasteiger partial charge in [0, 0.05) is 19.1 Å². The van der Waals surface area contributed by atoms with E-state index in [1.54, 1.807) is 6.92 Å². The maximum absolute atomic E-state index is 11.3. The van der Waals surface area contributed by atoms with Crippen molar-refractivity contribution in [2.24, 2.45) is 0 Å². The van der Waals surface area contributed by atoms with Crippen molar-refractivity contribution in [1.82, 2.24) is 10.2 Å². The molecule has 0 radical (unpaired) electrons.